The van der Waals surface area contributed by atoms with Crippen LogP contribution in [0.1, 0.15) is 61.1 Å². The maximum Gasteiger partial charge on any atom is 0.235 e. The lowest BCUT2D eigenvalue weighted by Gasteiger charge is -2.34. The highest BCUT2D eigenvalue weighted by Gasteiger charge is 2.32. The van der Waals surface area contributed by atoms with Crippen LogP contribution in [0.4, 0.5) is 53.5 Å². The number of fused-ring (bicyclic) bond motifs is 2. The zero-order valence-electron chi connectivity index (χ0n) is 64.8. The molecule has 0 bridgehead atoms. The first-order chi connectivity index (χ1) is 51.7. The summed E-state index contributed by atoms with van der Waals surface area (Å²) in [6.07, 6.45) is 0. The number of phenols is 2. The fraction of sp³-hybridized carbons (Fsp3) is 0.535. The predicted molar refractivity (Wildman–Crippen MR) is 400 cm³/mol. The van der Waals surface area contributed by atoms with E-state index in [-0.39, 0.29) is 125 Å². The Bertz CT molecular complexity index is 3390. The average molecular weight is 1500 g/mol. The van der Waals surface area contributed by atoms with Crippen LogP contribution in [0.15, 0.2) is 84.9 Å². The van der Waals surface area contributed by atoms with Crippen molar-refractivity contribution in [2.75, 3.05) is 251 Å². The summed E-state index contributed by atoms with van der Waals surface area (Å²) in [5.41, 5.74) is 5.81. The van der Waals surface area contributed by atoms with E-state index in [4.69, 9.17) is 106 Å². The van der Waals surface area contributed by atoms with Gasteiger partial charge in [0.05, 0.1) is 13.1 Å². The van der Waals surface area contributed by atoms with Gasteiger partial charge in [0.2, 0.25) is 53.5 Å². The molecule has 0 saturated heterocycles. The average Bonchev–Trinajstić information content (AvgIpc) is 0.772. The molecule has 2 aliphatic rings. The normalized spacial score (nSPS) is 12.5. The Morgan fingerprint density at radius 3 is 0.710 bits per heavy atom. The third-order valence-electron chi connectivity index (χ3n) is 16.6. The van der Waals surface area contributed by atoms with Crippen molar-refractivity contribution >= 4 is 53.5 Å². The van der Waals surface area contributed by atoms with E-state index in [0.29, 0.717) is 66.6 Å². The third kappa shape index (κ3) is 23.4. The number of benzene rings is 4. The van der Waals surface area contributed by atoms with Gasteiger partial charge in [-0.1, -0.05) is 64.1 Å². The molecule has 0 atom stereocenters. The second-order valence-electron chi connectivity index (χ2n) is 25.3. The van der Waals surface area contributed by atoms with E-state index in [0.717, 1.165) is 44.9 Å². The van der Waals surface area contributed by atoms with Gasteiger partial charge in [0.1, 0.15) is 117 Å². The van der Waals surface area contributed by atoms with Gasteiger partial charge in [0.15, 0.2) is 13.5 Å². The van der Waals surface area contributed by atoms with Crippen LogP contribution in [0.5, 0.6) is 23.0 Å². The molecule has 36 heteroatoms. The monoisotopic (exact) mass is 1500 g/mol. The quantitative estimate of drug-likeness (QED) is 0.0387. The first-order valence-electron chi connectivity index (χ1n) is 33.7. The number of hydrogen-bond acceptors (Lipinski definition) is 36. The molecule has 0 aliphatic carbocycles. The van der Waals surface area contributed by atoms with Gasteiger partial charge in [-0.05, 0) is 70.8 Å². The molecule has 5 heterocycles. The molecule has 2 N–H and O–H groups in total. The van der Waals surface area contributed by atoms with Crippen LogP contribution in [0, 0.1) is 0 Å². The van der Waals surface area contributed by atoms with Gasteiger partial charge in [0, 0.05) is 121 Å². The van der Waals surface area contributed by atoms with Gasteiger partial charge in [-0.15, -0.1) is 0 Å². The van der Waals surface area contributed by atoms with E-state index >= 15 is 0 Å². The van der Waals surface area contributed by atoms with Crippen LogP contribution in [0.3, 0.4) is 0 Å². The molecule has 9 rings (SSSR count). The van der Waals surface area contributed by atoms with Crippen molar-refractivity contribution in [1.82, 2.24) is 44.9 Å². The van der Waals surface area contributed by atoms with Crippen molar-refractivity contribution in [3.63, 3.8) is 0 Å². The molecule has 0 fully saturated rings. The lowest BCUT2D eigenvalue weighted by molar-refractivity contribution is 0.134. The van der Waals surface area contributed by atoms with Crippen molar-refractivity contribution in [2.24, 2.45) is 0 Å². The standard InChI is InChI=1S/C41H60N12O10.C15H30N6O6.C15H16O2/c1-41(2,31-11-13-33-29(15-31)17-48(27-62-33)35-42-37(50(19-54-3)20-55-4)46-38(43-35)51(21-56-5)22-57-6)32-12-14-34-30(16-32)18-49(28-63-34)36-44-39(52(23-58-7)24-59-8)47-40(45-36)53(25-60-9)26-61-10;1-22-7-19(8-23-2)13-16-14(20(9-24-3)10-25-4)18-15(17-13)21(11-26-5)12-27-6;1-15(2,11-3-7-13(16)8-4-11)12-5-9-14(17)10-6-12/h11-16H,17-28H2,1-10H3;7-12H2,1-6H3;3-10,16-17H,1-2H3. The first-order valence-corrected chi connectivity index (χ1v) is 33.7. The summed E-state index contributed by atoms with van der Waals surface area (Å²) in [5.74, 6) is 5.49. The van der Waals surface area contributed by atoms with Crippen molar-refractivity contribution in [3.05, 3.63) is 118 Å². The highest BCUT2D eigenvalue weighted by atomic mass is 16.5. The number of hydrogen-bond donors (Lipinski definition) is 2. The largest absolute Gasteiger partial charge is 0.508 e. The lowest BCUT2D eigenvalue weighted by atomic mass is 9.77. The van der Waals surface area contributed by atoms with E-state index < -0.39 is 5.41 Å². The minimum atomic E-state index is -0.432. The van der Waals surface area contributed by atoms with Crippen LogP contribution >= 0.6 is 0 Å². The lowest BCUT2D eigenvalue weighted by Crippen LogP contribution is -2.37. The Labute approximate surface area is 626 Å². The molecular weight excluding hydrogens is 1390 g/mol. The van der Waals surface area contributed by atoms with Gasteiger partial charge in [-0.3, -0.25) is 34.3 Å². The molecule has 4 aromatic carbocycles. The smallest absolute Gasteiger partial charge is 0.235 e. The van der Waals surface area contributed by atoms with Gasteiger partial charge in [0.25, 0.3) is 0 Å². The van der Waals surface area contributed by atoms with Crippen LogP contribution < -0.4 is 53.6 Å². The van der Waals surface area contributed by atoms with E-state index in [1.54, 1.807) is 158 Å². The summed E-state index contributed by atoms with van der Waals surface area (Å²) >= 11 is 0. The van der Waals surface area contributed by atoms with E-state index in [1.807, 2.05) is 46.2 Å². The van der Waals surface area contributed by atoms with Gasteiger partial charge >= 0.3 is 0 Å². The first kappa shape index (κ1) is 85.0. The van der Waals surface area contributed by atoms with E-state index in [2.05, 4.69) is 66.9 Å². The van der Waals surface area contributed by atoms with Crippen LogP contribution in [-0.2, 0) is 90.2 Å². The molecule has 7 aromatic rings. The Balaban J connectivity index is 0.000000294. The predicted octanol–water partition coefficient (Wildman–Crippen LogP) is 6.49. The number of anilines is 9. The summed E-state index contributed by atoms with van der Waals surface area (Å²) in [5, 5.41) is 18.6. The molecule has 0 unspecified atom stereocenters. The minimum absolute atomic E-state index is 0.151. The maximum atomic E-state index is 9.30. The summed E-state index contributed by atoms with van der Waals surface area (Å²) in [4.78, 5) is 58.4. The van der Waals surface area contributed by atoms with Gasteiger partial charge in [-0.2, -0.15) is 44.9 Å². The van der Waals surface area contributed by atoms with Crippen LogP contribution in [0.25, 0.3) is 0 Å². The zero-order valence-corrected chi connectivity index (χ0v) is 64.8. The molecule has 36 nitrogen and oxygen atoms in total. The molecule has 0 radical (unpaired) electrons. The molecule has 0 amide bonds. The number of aromatic nitrogens is 9. The third-order valence-corrected chi connectivity index (χ3v) is 16.6. The second-order valence-corrected chi connectivity index (χ2v) is 25.3. The van der Waals surface area contributed by atoms with Crippen molar-refractivity contribution in [3.8, 4) is 23.0 Å². The fourth-order valence-corrected chi connectivity index (χ4v) is 11.2. The SMILES string of the molecule is CC(C)(c1ccc(O)cc1)c1ccc(O)cc1.COCN(COC)c1nc(N(COC)COC)nc(N(COC)COC)n1.COCN(COC)c1nc(N(COC)COC)nc(N2COc3ccc(C(C)(C)c4ccc5c(c4)CN(c4nc(N(COC)COC)nc(N(COC)COC)n4)CO5)cc3C2)n1. The molecule has 588 valence electrons. The highest BCUT2D eigenvalue weighted by molar-refractivity contribution is 5.55. The number of phenolic OH excluding ortho intramolecular Hbond substituents is 2. The van der Waals surface area contributed by atoms with E-state index in [1.165, 1.54) is 0 Å². The Hall–Kier alpha value is -9.25. The molecule has 0 saturated carbocycles. The number of methoxy groups -OCH3 is 14. The molecule has 0 spiro atoms. The maximum absolute atomic E-state index is 9.30. The Morgan fingerprint density at radius 2 is 0.495 bits per heavy atom. The molecule has 3 aromatic heterocycles. The molecule has 2 aliphatic heterocycles. The van der Waals surface area contributed by atoms with Crippen molar-refractivity contribution < 1.29 is 86.0 Å². The van der Waals surface area contributed by atoms with Gasteiger partial charge in [-0.25, -0.2) is 0 Å². The fourth-order valence-electron chi connectivity index (χ4n) is 11.2. The molecule has 107 heavy (non-hydrogen) atoms. The van der Waals surface area contributed by atoms with Crippen molar-refractivity contribution in [2.45, 2.75) is 51.6 Å². The van der Waals surface area contributed by atoms with Crippen molar-refractivity contribution in [1.29, 1.82) is 0 Å². The zero-order chi connectivity index (χ0) is 77.5. The highest BCUT2D eigenvalue weighted by Crippen LogP contribution is 2.40. The summed E-state index contributed by atoms with van der Waals surface area (Å²) in [6, 6.07) is 27.1. The molecular formula is C71H106N18O18. The van der Waals surface area contributed by atoms with Gasteiger partial charge < -0.3 is 95.8 Å². The summed E-state index contributed by atoms with van der Waals surface area (Å²) in [7, 11) is 22.3. The Morgan fingerprint density at radius 1 is 0.299 bits per heavy atom. The second kappa shape index (κ2) is 42.9. The summed E-state index contributed by atoms with van der Waals surface area (Å²) in [6.45, 7) is 13.0. The Kier molecular flexibility index (Phi) is 34.1. The number of aromatic hydroxyl groups is 2. The number of ether oxygens (including phenoxy) is 16. The number of nitrogens with zero attached hydrogens (tertiary/aromatic N) is 18. The topological polar surface area (TPSA) is 333 Å². The van der Waals surface area contributed by atoms with Crippen LogP contribution in [0.2, 0.25) is 0 Å². The van der Waals surface area contributed by atoms with Crippen LogP contribution in [-0.4, -0.2) is 262 Å². The number of rotatable bonds is 41. The summed E-state index contributed by atoms with van der Waals surface area (Å²) < 4.78 is 87.5. The minimum Gasteiger partial charge on any atom is -0.508 e. The van der Waals surface area contributed by atoms with E-state index in [9.17, 15) is 10.2 Å².